The number of hydrogen-bond acceptors (Lipinski definition) is 5. The van der Waals surface area contributed by atoms with Crippen LogP contribution in [0, 0.1) is 51.1 Å². The number of benzene rings is 1. The third kappa shape index (κ3) is 2.90. The summed E-state index contributed by atoms with van der Waals surface area (Å²) in [5, 5.41) is 29.7. The second-order valence-electron chi connectivity index (χ2n) is 7.39. The summed E-state index contributed by atoms with van der Waals surface area (Å²) in [5.74, 6) is -1.73. The van der Waals surface area contributed by atoms with Gasteiger partial charge in [-0.1, -0.05) is 22.0 Å². The van der Waals surface area contributed by atoms with Gasteiger partial charge in [0.25, 0.3) is 0 Å². The van der Waals surface area contributed by atoms with Crippen LogP contribution in [0.5, 0.6) is 0 Å². The topological polar surface area (TPSA) is 101 Å². The number of nitrogens with zero attached hydrogens (tertiary/aromatic N) is 4. The third-order valence-electron chi connectivity index (χ3n) is 5.72. The zero-order chi connectivity index (χ0) is 20.6. The lowest BCUT2D eigenvalue weighted by molar-refractivity contribution is 0.172. The smallest absolute Gasteiger partial charge is 0.191 e. The van der Waals surface area contributed by atoms with Gasteiger partial charge in [0.1, 0.15) is 11.9 Å². The Hall–Kier alpha value is -2.66. The lowest BCUT2D eigenvalue weighted by atomic mass is 9.58. The average Bonchev–Trinajstić information content (AvgIpc) is 2.69. The minimum atomic E-state index is -1.82. The van der Waals surface area contributed by atoms with E-state index in [9.17, 15) is 20.2 Å². The largest absolute Gasteiger partial charge is 0.399 e. The first-order valence-electron chi connectivity index (χ1n) is 8.93. The van der Waals surface area contributed by atoms with Gasteiger partial charge in [-0.2, -0.15) is 15.8 Å². The molecule has 0 radical (unpaired) electrons. The maximum absolute atomic E-state index is 14.9. The summed E-state index contributed by atoms with van der Waals surface area (Å²) in [6.45, 7) is 5.23. The van der Waals surface area contributed by atoms with Gasteiger partial charge in [0.15, 0.2) is 5.41 Å². The Morgan fingerprint density at radius 2 is 1.96 bits per heavy atom. The molecule has 0 saturated carbocycles. The molecule has 0 aromatic heterocycles. The molecule has 7 heteroatoms. The Labute approximate surface area is 172 Å². The van der Waals surface area contributed by atoms with Gasteiger partial charge >= 0.3 is 0 Å². The third-order valence-corrected chi connectivity index (χ3v) is 6.21. The molecule has 2 atom stereocenters. The van der Waals surface area contributed by atoms with Crippen LogP contribution in [-0.4, -0.2) is 24.0 Å². The molecule has 1 aliphatic heterocycles. The van der Waals surface area contributed by atoms with Crippen LogP contribution < -0.4 is 5.73 Å². The molecule has 2 N–H and O–H groups in total. The summed E-state index contributed by atoms with van der Waals surface area (Å²) in [4.78, 5) is 2.17. The van der Waals surface area contributed by atoms with Crippen LogP contribution in [0.1, 0.15) is 25.3 Å². The Morgan fingerprint density at radius 3 is 2.54 bits per heavy atom. The van der Waals surface area contributed by atoms with E-state index in [0.717, 1.165) is 0 Å². The number of nitriles is 3. The van der Waals surface area contributed by atoms with E-state index in [-0.39, 0.29) is 22.9 Å². The molecule has 1 heterocycles. The van der Waals surface area contributed by atoms with E-state index in [1.54, 1.807) is 12.1 Å². The van der Waals surface area contributed by atoms with Crippen molar-refractivity contribution in [3.8, 4) is 18.2 Å². The maximum atomic E-state index is 14.9. The number of fused-ring (bicyclic) bond motifs is 1. The standard InChI is InChI=1S/C21H19BrFN5/c1-12(2)28-6-5-14-16(8-24)20(27)21(10-25,11-26)19(17(14)9-28)15-7-13(22)3-4-18(15)23/h3-5,7,12,17,19H,6,9,27H2,1-2H3/t17-,19-/m1/s1. The van der Waals surface area contributed by atoms with Crippen molar-refractivity contribution < 1.29 is 4.39 Å². The lowest BCUT2D eigenvalue weighted by Crippen LogP contribution is -2.49. The highest BCUT2D eigenvalue weighted by Gasteiger charge is 2.55. The van der Waals surface area contributed by atoms with E-state index in [4.69, 9.17) is 5.73 Å². The zero-order valence-corrected chi connectivity index (χ0v) is 17.2. The van der Waals surface area contributed by atoms with Crippen molar-refractivity contribution in [3.05, 3.63) is 57.0 Å². The zero-order valence-electron chi connectivity index (χ0n) is 15.6. The molecule has 0 spiro atoms. The van der Waals surface area contributed by atoms with Crippen LogP contribution >= 0.6 is 15.9 Å². The van der Waals surface area contributed by atoms with E-state index in [1.165, 1.54) is 6.07 Å². The van der Waals surface area contributed by atoms with Crippen molar-refractivity contribution in [2.24, 2.45) is 17.1 Å². The SMILES string of the molecule is CC(C)N1CC=C2C(C#N)=C(N)C(C#N)(C#N)[C@H](c3cc(Br)ccc3F)[C@@H]2C1. The summed E-state index contributed by atoms with van der Waals surface area (Å²) in [7, 11) is 0. The van der Waals surface area contributed by atoms with Crippen LogP contribution in [-0.2, 0) is 0 Å². The quantitative estimate of drug-likeness (QED) is 0.756. The molecule has 2 aliphatic rings. The van der Waals surface area contributed by atoms with Gasteiger partial charge in [0.2, 0.25) is 0 Å². The molecule has 1 aromatic carbocycles. The molecule has 0 unspecified atom stereocenters. The highest BCUT2D eigenvalue weighted by Crippen LogP contribution is 2.54. The first-order valence-corrected chi connectivity index (χ1v) is 9.72. The van der Waals surface area contributed by atoms with E-state index in [1.807, 2.05) is 32.1 Å². The van der Waals surface area contributed by atoms with Crippen molar-refractivity contribution in [2.75, 3.05) is 13.1 Å². The summed E-state index contributed by atoms with van der Waals surface area (Å²) in [6.07, 6.45) is 1.92. The van der Waals surface area contributed by atoms with E-state index < -0.39 is 23.1 Å². The van der Waals surface area contributed by atoms with Crippen molar-refractivity contribution in [1.82, 2.24) is 4.90 Å². The van der Waals surface area contributed by atoms with Crippen LogP contribution in [0.3, 0.4) is 0 Å². The van der Waals surface area contributed by atoms with Gasteiger partial charge < -0.3 is 5.73 Å². The molecular weight excluding hydrogens is 421 g/mol. The second-order valence-corrected chi connectivity index (χ2v) is 8.30. The number of hydrogen-bond donors (Lipinski definition) is 1. The van der Waals surface area contributed by atoms with Gasteiger partial charge in [-0.25, -0.2) is 4.39 Å². The lowest BCUT2D eigenvalue weighted by Gasteiger charge is -2.46. The fourth-order valence-corrected chi connectivity index (χ4v) is 4.60. The molecule has 28 heavy (non-hydrogen) atoms. The van der Waals surface area contributed by atoms with E-state index in [2.05, 4.69) is 26.9 Å². The molecule has 1 aromatic rings. The fourth-order valence-electron chi connectivity index (χ4n) is 4.22. The molecule has 0 amide bonds. The van der Waals surface area contributed by atoms with Crippen molar-refractivity contribution in [1.29, 1.82) is 15.8 Å². The predicted octanol–water partition coefficient (Wildman–Crippen LogP) is 3.72. The second kappa shape index (κ2) is 7.40. The number of rotatable bonds is 2. The number of halogens is 2. The first-order chi connectivity index (χ1) is 13.3. The summed E-state index contributed by atoms with van der Waals surface area (Å²) < 4.78 is 15.5. The van der Waals surface area contributed by atoms with Gasteiger partial charge in [-0.3, -0.25) is 4.90 Å². The van der Waals surface area contributed by atoms with Gasteiger partial charge in [-0.05, 0) is 43.2 Å². The molecule has 0 fully saturated rings. The Balaban J connectivity index is 2.35. The molecule has 3 rings (SSSR count). The minimum Gasteiger partial charge on any atom is -0.399 e. The summed E-state index contributed by atoms with van der Waals surface area (Å²) >= 11 is 3.35. The Morgan fingerprint density at radius 1 is 1.29 bits per heavy atom. The molecule has 1 aliphatic carbocycles. The maximum Gasteiger partial charge on any atom is 0.191 e. The van der Waals surface area contributed by atoms with Crippen LogP contribution in [0.4, 0.5) is 4.39 Å². The van der Waals surface area contributed by atoms with E-state index in [0.29, 0.717) is 23.1 Å². The number of nitrogens with two attached hydrogens (primary N) is 1. The Bertz CT molecular complexity index is 991. The molecule has 5 nitrogen and oxygen atoms in total. The molecule has 142 valence electrons. The monoisotopic (exact) mass is 439 g/mol. The predicted molar refractivity (Wildman–Crippen MR) is 106 cm³/mol. The highest BCUT2D eigenvalue weighted by molar-refractivity contribution is 9.10. The highest BCUT2D eigenvalue weighted by atomic mass is 79.9. The molecule has 0 saturated heterocycles. The van der Waals surface area contributed by atoms with Crippen molar-refractivity contribution >= 4 is 15.9 Å². The van der Waals surface area contributed by atoms with Crippen molar-refractivity contribution in [3.63, 3.8) is 0 Å². The summed E-state index contributed by atoms with van der Waals surface area (Å²) in [6, 6.07) is 10.8. The van der Waals surface area contributed by atoms with E-state index >= 15 is 0 Å². The molecular formula is C21H19BrFN5. The van der Waals surface area contributed by atoms with Crippen molar-refractivity contribution in [2.45, 2.75) is 25.8 Å². The van der Waals surface area contributed by atoms with Crippen LogP contribution in [0.15, 0.2) is 45.6 Å². The van der Waals surface area contributed by atoms with Crippen LogP contribution in [0.25, 0.3) is 0 Å². The molecule has 0 bridgehead atoms. The Kier molecular flexibility index (Phi) is 5.31. The van der Waals surface area contributed by atoms with Gasteiger partial charge in [0.05, 0.1) is 23.4 Å². The number of allylic oxidation sites excluding steroid dienone is 2. The minimum absolute atomic E-state index is 0.0927. The summed E-state index contributed by atoms with van der Waals surface area (Å²) in [5.41, 5.74) is 5.43. The first kappa shape index (κ1) is 20.1. The average molecular weight is 440 g/mol. The fraction of sp³-hybridized carbons (Fsp3) is 0.381. The normalized spacial score (nSPS) is 24.0. The van der Waals surface area contributed by atoms with Gasteiger partial charge in [-0.15, -0.1) is 0 Å². The van der Waals surface area contributed by atoms with Gasteiger partial charge in [0, 0.05) is 35.4 Å². The van der Waals surface area contributed by atoms with Crippen LogP contribution in [0.2, 0.25) is 0 Å².